The number of carbonyl (C=O) groups excluding carboxylic acids is 2. The second-order valence-corrected chi connectivity index (χ2v) is 9.37. The summed E-state index contributed by atoms with van der Waals surface area (Å²) >= 11 is 1.61. The number of fused-ring (bicyclic) bond motifs is 1. The van der Waals surface area contributed by atoms with Gasteiger partial charge in [-0.25, -0.2) is 0 Å². The lowest BCUT2D eigenvalue weighted by atomic mass is 10.0. The molecule has 5 heteroatoms. The number of amides is 2. The van der Waals surface area contributed by atoms with Crippen LogP contribution in [0.15, 0.2) is 84.9 Å². The zero-order chi connectivity index (χ0) is 22.9. The fourth-order valence-corrected chi connectivity index (χ4v) is 5.38. The molecule has 0 saturated carbocycles. The monoisotopic (exact) mass is 452 g/mol. The molecule has 4 nitrogen and oxygen atoms in total. The van der Waals surface area contributed by atoms with Crippen LogP contribution in [0.5, 0.6) is 0 Å². The maximum absolute atomic E-state index is 13.1. The zero-order valence-electron chi connectivity index (χ0n) is 18.5. The summed E-state index contributed by atoms with van der Waals surface area (Å²) in [5, 5.41) is 4.87. The van der Waals surface area contributed by atoms with Crippen molar-refractivity contribution in [1.82, 2.24) is 0 Å². The van der Waals surface area contributed by atoms with E-state index in [1.54, 1.807) is 11.8 Å². The van der Waals surface area contributed by atoms with Crippen molar-refractivity contribution in [2.24, 2.45) is 0 Å². The molecule has 1 aliphatic heterocycles. The molecule has 0 bridgehead atoms. The lowest BCUT2D eigenvalue weighted by Crippen LogP contribution is -2.28. The van der Waals surface area contributed by atoms with Crippen molar-refractivity contribution in [2.75, 3.05) is 16.0 Å². The molecule has 4 aromatic carbocycles. The molecule has 0 spiro atoms. The molecular weight excluding hydrogens is 428 g/mol. The molecule has 33 heavy (non-hydrogen) atoms. The van der Waals surface area contributed by atoms with Gasteiger partial charge in [-0.1, -0.05) is 54.6 Å². The molecule has 164 valence electrons. The van der Waals surface area contributed by atoms with Crippen LogP contribution in [0.4, 0.5) is 11.4 Å². The van der Waals surface area contributed by atoms with E-state index in [9.17, 15) is 9.59 Å². The van der Waals surface area contributed by atoms with Gasteiger partial charge < -0.3 is 5.32 Å². The molecule has 1 unspecified atom stereocenters. The number of hydrogen-bond donors (Lipinski definition) is 1. The van der Waals surface area contributed by atoms with Gasteiger partial charge in [0.15, 0.2) is 0 Å². The van der Waals surface area contributed by atoms with Gasteiger partial charge in [-0.2, -0.15) is 0 Å². The fraction of sp³-hybridized carbons (Fsp3) is 0.143. The number of hydrogen-bond acceptors (Lipinski definition) is 3. The first-order valence-electron chi connectivity index (χ1n) is 10.9. The van der Waals surface area contributed by atoms with Crippen molar-refractivity contribution >= 4 is 45.7 Å². The van der Waals surface area contributed by atoms with Crippen LogP contribution in [0.2, 0.25) is 0 Å². The maximum atomic E-state index is 13.1. The quantitative estimate of drug-likeness (QED) is 0.385. The Morgan fingerprint density at radius 2 is 1.70 bits per heavy atom. The molecule has 1 atom stereocenters. The molecule has 4 aromatic rings. The Balaban J connectivity index is 1.43. The maximum Gasteiger partial charge on any atom is 0.256 e. The summed E-state index contributed by atoms with van der Waals surface area (Å²) in [6, 6.07) is 27.5. The second-order valence-electron chi connectivity index (χ2n) is 8.30. The zero-order valence-corrected chi connectivity index (χ0v) is 19.4. The topological polar surface area (TPSA) is 49.4 Å². The summed E-state index contributed by atoms with van der Waals surface area (Å²) in [6.45, 7) is 4.13. The lowest BCUT2D eigenvalue weighted by Gasteiger charge is -2.25. The van der Waals surface area contributed by atoms with Gasteiger partial charge >= 0.3 is 0 Å². The van der Waals surface area contributed by atoms with E-state index in [2.05, 4.69) is 31.3 Å². The summed E-state index contributed by atoms with van der Waals surface area (Å²) in [5.41, 5.74) is 5.61. The van der Waals surface area contributed by atoms with Crippen LogP contribution in [0.1, 0.15) is 32.4 Å². The van der Waals surface area contributed by atoms with Gasteiger partial charge in [0.25, 0.3) is 5.91 Å². The van der Waals surface area contributed by atoms with E-state index < -0.39 is 0 Å². The van der Waals surface area contributed by atoms with E-state index in [4.69, 9.17) is 0 Å². The third-order valence-corrected chi connectivity index (χ3v) is 7.31. The van der Waals surface area contributed by atoms with E-state index in [-0.39, 0.29) is 17.2 Å². The first-order valence-corrected chi connectivity index (χ1v) is 12.0. The van der Waals surface area contributed by atoms with E-state index in [0.717, 1.165) is 27.6 Å². The van der Waals surface area contributed by atoms with Gasteiger partial charge in [0, 0.05) is 16.9 Å². The highest BCUT2D eigenvalue weighted by molar-refractivity contribution is 8.00. The number of benzene rings is 4. The summed E-state index contributed by atoms with van der Waals surface area (Å²) in [7, 11) is 0. The molecule has 2 amide bonds. The highest BCUT2D eigenvalue weighted by Gasteiger charge is 2.34. The molecule has 1 N–H and O–H groups in total. The summed E-state index contributed by atoms with van der Waals surface area (Å²) < 4.78 is 0. The highest BCUT2D eigenvalue weighted by Crippen LogP contribution is 2.42. The van der Waals surface area contributed by atoms with Gasteiger partial charge in [0.05, 0.1) is 5.75 Å². The standard InChI is InChI=1S/C28H24N2O2S/c1-18-13-14-23(15-19(18)2)30-26(31)17-33-28(30)21-9-5-10-22(16-21)29-27(32)25-12-6-8-20-7-3-4-11-24(20)25/h3-16,28H,17H2,1-2H3,(H,29,32). The Morgan fingerprint density at radius 1 is 0.909 bits per heavy atom. The predicted molar refractivity (Wildman–Crippen MR) is 137 cm³/mol. The van der Waals surface area contributed by atoms with Crippen LogP contribution in [0.3, 0.4) is 0 Å². The van der Waals surface area contributed by atoms with E-state index in [0.29, 0.717) is 17.0 Å². The Bertz CT molecular complexity index is 1380. The van der Waals surface area contributed by atoms with Gasteiger partial charge in [0.1, 0.15) is 5.37 Å². The first kappa shape index (κ1) is 21.3. The van der Waals surface area contributed by atoms with Crippen molar-refractivity contribution < 1.29 is 9.59 Å². The number of nitrogens with zero attached hydrogens (tertiary/aromatic N) is 1. The van der Waals surface area contributed by atoms with Crippen LogP contribution >= 0.6 is 11.8 Å². The van der Waals surface area contributed by atoms with Crippen molar-refractivity contribution in [2.45, 2.75) is 19.2 Å². The summed E-state index contributed by atoms with van der Waals surface area (Å²) in [6.07, 6.45) is 0. The fourth-order valence-electron chi connectivity index (χ4n) is 4.22. The average molecular weight is 453 g/mol. The minimum atomic E-state index is -0.148. The second kappa shape index (κ2) is 8.75. The molecule has 0 aliphatic carbocycles. The number of nitrogens with one attached hydrogen (secondary N) is 1. The SMILES string of the molecule is Cc1ccc(N2C(=O)CSC2c2cccc(NC(=O)c3cccc4ccccc34)c2)cc1C. The smallest absolute Gasteiger partial charge is 0.256 e. The molecule has 5 rings (SSSR count). The molecule has 0 radical (unpaired) electrons. The first-order chi connectivity index (χ1) is 16.0. The largest absolute Gasteiger partial charge is 0.322 e. The van der Waals surface area contributed by atoms with Crippen LogP contribution in [-0.2, 0) is 4.79 Å². The summed E-state index contributed by atoms with van der Waals surface area (Å²) in [4.78, 5) is 27.7. The Kier molecular flexibility index (Phi) is 5.65. The number of thioether (sulfide) groups is 1. The summed E-state index contributed by atoms with van der Waals surface area (Å²) in [5.74, 6) is 0.382. The number of rotatable bonds is 4. The molecule has 1 aliphatic rings. The normalized spacial score (nSPS) is 15.8. The van der Waals surface area contributed by atoms with Crippen molar-refractivity contribution in [1.29, 1.82) is 0 Å². The third-order valence-electron chi connectivity index (χ3n) is 6.10. The Hall–Kier alpha value is -3.57. The number of aryl methyl sites for hydroxylation is 2. The predicted octanol–water partition coefficient (Wildman–Crippen LogP) is 6.49. The molecule has 1 fully saturated rings. The van der Waals surface area contributed by atoms with Crippen molar-refractivity contribution in [3.8, 4) is 0 Å². The van der Waals surface area contributed by atoms with Gasteiger partial charge in [-0.15, -0.1) is 11.8 Å². The van der Waals surface area contributed by atoms with E-state index in [1.165, 1.54) is 5.56 Å². The highest BCUT2D eigenvalue weighted by atomic mass is 32.2. The average Bonchev–Trinajstić information content (AvgIpc) is 3.22. The molecule has 0 aromatic heterocycles. The van der Waals surface area contributed by atoms with Crippen LogP contribution in [0, 0.1) is 13.8 Å². The van der Waals surface area contributed by atoms with Gasteiger partial charge in [0.2, 0.25) is 5.91 Å². The Morgan fingerprint density at radius 3 is 2.55 bits per heavy atom. The third kappa shape index (κ3) is 4.12. The van der Waals surface area contributed by atoms with E-state index >= 15 is 0 Å². The van der Waals surface area contributed by atoms with Crippen LogP contribution in [0.25, 0.3) is 10.8 Å². The van der Waals surface area contributed by atoms with Crippen LogP contribution in [-0.4, -0.2) is 17.6 Å². The van der Waals surface area contributed by atoms with E-state index in [1.807, 2.05) is 77.7 Å². The number of anilines is 2. The Labute approximate surface area is 197 Å². The minimum absolute atomic E-state index is 0.0958. The number of carbonyl (C=O) groups is 2. The van der Waals surface area contributed by atoms with Crippen LogP contribution < -0.4 is 10.2 Å². The molecule has 1 heterocycles. The van der Waals surface area contributed by atoms with Crippen molar-refractivity contribution in [3.05, 3.63) is 107 Å². The van der Waals surface area contributed by atoms with Crippen molar-refractivity contribution in [3.63, 3.8) is 0 Å². The lowest BCUT2D eigenvalue weighted by molar-refractivity contribution is -0.115. The molecule has 1 saturated heterocycles. The van der Waals surface area contributed by atoms with Gasteiger partial charge in [-0.3, -0.25) is 14.5 Å². The molecular formula is C28H24N2O2S. The van der Waals surface area contributed by atoms with Gasteiger partial charge in [-0.05, 0) is 71.6 Å². The minimum Gasteiger partial charge on any atom is -0.322 e.